The minimum atomic E-state index is -1.48. The lowest BCUT2D eigenvalue weighted by Crippen LogP contribution is -2.39. The lowest BCUT2D eigenvalue weighted by atomic mass is 9.79. The summed E-state index contributed by atoms with van der Waals surface area (Å²) >= 11 is 0. The third-order valence-electron chi connectivity index (χ3n) is 3.25. The van der Waals surface area contributed by atoms with Gasteiger partial charge < -0.3 is 20.1 Å². The number of hydrogen-bond acceptors (Lipinski definition) is 5. The Kier molecular flexibility index (Phi) is 5.10. The van der Waals surface area contributed by atoms with Gasteiger partial charge in [0.1, 0.15) is 12.2 Å². The average Bonchev–Trinajstić information content (AvgIpc) is 2.36. The summed E-state index contributed by atoms with van der Waals surface area (Å²) in [6, 6.07) is 0. The van der Waals surface area contributed by atoms with E-state index in [2.05, 4.69) is 0 Å². The van der Waals surface area contributed by atoms with E-state index in [1.807, 2.05) is 0 Å². The first-order valence-electron chi connectivity index (χ1n) is 6.10. The van der Waals surface area contributed by atoms with E-state index in [1.54, 1.807) is 0 Å². The van der Waals surface area contributed by atoms with Gasteiger partial charge in [-0.3, -0.25) is 9.59 Å². The Morgan fingerprint density at radius 1 is 1.28 bits per heavy atom. The fourth-order valence-corrected chi connectivity index (χ4v) is 2.09. The molecule has 0 spiro atoms. The molecule has 3 atom stereocenters. The van der Waals surface area contributed by atoms with Crippen LogP contribution in [0.5, 0.6) is 0 Å². The lowest BCUT2D eigenvalue weighted by molar-refractivity contribution is -0.165. The Morgan fingerprint density at radius 3 is 2.33 bits per heavy atom. The van der Waals surface area contributed by atoms with E-state index >= 15 is 0 Å². The molecule has 0 aromatic rings. The summed E-state index contributed by atoms with van der Waals surface area (Å²) in [5, 5.41) is 27.4. The van der Waals surface area contributed by atoms with E-state index in [1.165, 1.54) is 6.92 Å². The highest BCUT2D eigenvalue weighted by atomic mass is 16.5. The zero-order valence-corrected chi connectivity index (χ0v) is 10.5. The van der Waals surface area contributed by atoms with Gasteiger partial charge in [0.05, 0.1) is 18.4 Å². The van der Waals surface area contributed by atoms with Crippen molar-refractivity contribution >= 4 is 11.9 Å². The summed E-state index contributed by atoms with van der Waals surface area (Å²) in [4.78, 5) is 22.8. The Morgan fingerprint density at radius 2 is 1.83 bits per heavy atom. The van der Waals surface area contributed by atoms with Crippen LogP contribution in [0.3, 0.4) is 0 Å². The maximum Gasteiger partial charge on any atom is 0.309 e. The number of hydrogen-bond donors (Lipinski definition) is 3. The van der Waals surface area contributed by atoms with Crippen molar-refractivity contribution < 1.29 is 29.6 Å². The topological polar surface area (TPSA) is 104 Å². The molecule has 1 rings (SSSR count). The summed E-state index contributed by atoms with van der Waals surface area (Å²) in [6.07, 6.45) is 2.58. The molecule has 0 aromatic carbocycles. The second-order valence-corrected chi connectivity index (χ2v) is 5.10. The number of carbonyl (C=O) groups is 2. The molecule has 0 radical (unpaired) electrons. The second kappa shape index (κ2) is 6.15. The van der Waals surface area contributed by atoms with Gasteiger partial charge in [-0.25, -0.2) is 0 Å². The number of aliphatic hydroxyl groups excluding tert-OH is 1. The van der Waals surface area contributed by atoms with E-state index in [0.717, 1.165) is 12.8 Å². The van der Waals surface area contributed by atoms with Crippen LogP contribution < -0.4 is 0 Å². The molecule has 3 N–H and O–H groups in total. The van der Waals surface area contributed by atoms with Crippen LogP contribution in [0.1, 0.15) is 32.6 Å². The Bertz CT molecular complexity index is 312. The molecule has 0 aromatic heterocycles. The van der Waals surface area contributed by atoms with Crippen LogP contribution in [0.15, 0.2) is 0 Å². The molecule has 6 nitrogen and oxygen atoms in total. The highest BCUT2D eigenvalue weighted by Gasteiger charge is 2.37. The molecule has 3 unspecified atom stereocenters. The summed E-state index contributed by atoms with van der Waals surface area (Å²) in [6.45, 7) is 0.494. The van der Waals surface area contributed by atoms with Gasteiger partial charge in [0.2, 0.25) is 0 Å². The van der Waals surface area contributed by atoms with E-state index in [4.69, 9.17) is 14.9 Å². The number of carboxylic acid groups (broad SMARTS) is 1. The monoisotopic (exact) mass is 260 g/mol. The van der Waals surface area contributed by atoms with E-state index < -0.39 is 36.0 Å². The fraction of sp³-hybridized carbons (Fsp3) is 0.833. The highest BCUT2D eigenvalue weighted by molar-refractivity contribution is 5.81. The minimum absolute atomic E-state index is 0.328. The molecule has 0 amide bonds. The van der Waals surface area contributed by atoms with E-state index in [9.17, 15) is 14.7 Å². The van der Waals surface area contributed by atoms with Crippen LogP contribution in [0.25, 0.3) is 0 Å². The number of rotatable bonds is 5. The molecule has 1 aliphatic carbocycles. The largest absolute Gasteiger partial charge is 0.481 e. The Balaban J connectivity index is 2.56. The molecule has 104 valence electrons. The van der Waals surface area contributed by atoms with E-state index in [-0.39, 0.29) is 6.61 Å². The number of carbonyl (C=O) groups excluding carboxylic acids is 1. The third kappa shape index (κ3) is 3.96. The molecule has 0 heterocycles. The van der Waals surface area contributed by atoms with Crippen LogP contribution in [-0.2, 0) is 14.3 Å². The van der Waals surface area contributed by atoms with Crippen LogP contribution in [-0.4, -0.2) is 46.1 Å². The molecular formula is C12H20O6. The first kappa shape index (κ1) is 14.9. The summed E-state index contributed by atoms with van der Waals surface area (Å²) in [7, 11) is 0. The lowest BCUT2D eigenvalue weighted by Gasteiger charge is -2.28. The molecule has 18 heavy (non-hydrogen) atoms. The molecule has 0 aliphatic heterocycles. The average molecular weight is 260 g/mol. The third-order valence-corrected chi connectivity index (χ3v) is 3.25. The van der Waals surface area contributed by atoms with Gasteiger partial charge in [-0.05, 0) is 19.8 Å². The maximum atomic E-state index is 11.8. The molecule has 1 aliphatic rings. The van der Waals surface area contributed by atoms with Crippen molar-refractivity contribution in [2.45, 2.75) is 38.2 Å². The summed E-state index contributed by atoms with van der Waals surface area (Å²) < 4.78 is 4.91. The fourth-order valence-electron chi connectivity index (χ4n) is 2.09. The molecule has 1 fully saturated rings. The van der Waals surface area contributed by atoms with Crippen molar-refractivity contribution in [3.63, 3.8) is 0 Å². The zero-order chi connectivity index (χ0) is 13.8. The van der Waals surface area contributed by atoms with E-state index in [0.29, 0.717) is 12.8 Å². The van der Waals surface area contributed by atoms with Gasteiger partial charge in [-0.1, -0.05) is 12.8 Å². The van der Waals surface area contributed by atoms with Gasteiger partial charge in [0.15, 0.2) is 0 Å². The van der Waals surface area contributed by atoms with Crippen molar-refractivity contribution in [2.75, 3.05) is 13.2 Å². The Hall–Kier alpha value is -1.14. The predicted octanol–water partition coefficient (Wildman–Crippen LogP) is 0.164. The quantitative estimate of drug-likeness (QED) is 0.608. The predicted molar refractivity (Wildman–Crippen MR) is 61.8 cm³/mol. The number of aliphatic hydroxyl groups is 2. The smallest absolute Gasteiger partial charge is 0.309 e. The highest BCUT2D eigenvalue weighted by Crippen LogP contribution is 2.31. The zero-order valence-electron chi connectivity index (χ0n) is 10.5. The normalized spacial score (nSPS) is 27.3. The molecule has 6 heteroatoms. The van der Waals surface area contributed by atoms with Gasteiger partial charge in [-0.2, -0.15) is 0 Å². The summed E-state index contributed by atoms with van der Waals surface area (Å²) in [5.74, 6) is -2.93. The van der Waals surface area contributed by atoms with Crippen molar-refractivity contribution in [1.82, 2.24) is 0 Å². The first-order chi connectivity index (χ1) is 8.37. The van der Waals surface area contributed by atoms with Crippen LogP contribution >= 0.6 is 0 Å². The van der Waals surface area contributed by atoms with Crippen molar-refractivity contribution in [3.05, 3.63) is 0 Å². The number of aliphatic carboxylic acids is 1. The van der Waals surface area contributed by atoms with Crippen LogP contribution in [0.2, 0.25) is 0 Å². The van der Waals surface area contributed by atoms with Gasteiger partial charge in [0, 0.05) is 0 Å². The molecule has 1 saturated carbocycles. The van der Waals surface area contributed by atoms with Gasteiger partial charge in [-0.15, -0.1) is 0 Å². The molecule has 0 saturated heterocycles. The number of ether oxygens (including phenoxy) is 1. The standard InChI is InChI=1S/C12H20O6/c1-12(17,6-13)7-18-11(16)9-5-3-2-4-8(9)10(14)15/h8-9,13,17H,2-7H2,1H3,(H,14,15). The molecule has 0 bridgehead atoms. The van der Waals surface area contributed by atoms with Crippen LogP contribution in [0, 0.1) is 11.8 Å². The van der Waals surface area contributed by atoms with Crippen LogP contribution in [0.4, 0.5) is 0 Å². The van der Waals surface area contributed by atoms with Gasteiger partial charge >= 0.3 is 11.9 Å². The first-order valence-corrected chi connectivity index (χ1v) is 6.10. The summed E-state index contributed by atoms with van der Waals surface area (Å²) in [5.41, 5.74) is -1.48. The van der Waals surface area contributed by atoms with Crippen molar-refractivity contribution in [1.29, 1.82) is 0 Å². The maximum absolute atomic E-state index is 11.8. The minimum Gasteiger partial charge on any atom is -0.481 e. The number of esters is 1. The SMILES string of the molecule is CC(O)(CO)COC(=O)C1CCCCC1C(=O)O. The second-order valence-electron chi connectivity index (χ2n) is 5.10. The number of carboxylic acids is 1. The van der Waals surface area contributed by atoms with Crippen molar-refractivity contribution in [3.8, 4) is 0 Å². The molecular weight excluding hydrogens is 240 g/mol. The van der Waals surface area contributed by atoms with Crippen molar-refractivity contribution in [2.24, 2.45) is 11.8 Å². The Labute approximate surface area is 106 Å². The van der Waals surface area contributed by atoms with Gasteiger partial charge in [0.25, 0.3) is 0 Å².